The van der Waals surface area contributed by atoms with Crippen molar-refractivity contribution in [1.82, 2.24) is 10.2 Å². The van der Waals surface area contributed by atoms with Gasteiger partial charge in [0.15, 0.2) is 0 Å². The minimum atomic E-state index is -4.90. The number of nitrogens with one attached hydrogen (secondary N) is 1. The van der Waals surface area contributed by atoms with Gasteiger partial charge in [-0.2, -0.15) is 0 Å². The van der Waals surface area contributed by atoms with Gasteiger partial charge >= 0.3 is 6.98 Å². The molecular formula is C7H13BF3N2O2-. The van der Waals surface area contributed by atoms with Gasteiger partial charge in [-0.25, -0.2) is 0 Å². The molecule has 1 aliphatic heterocycles. The van der Waals surface area contributed by atoms with Gasteiger partial charge in [0.25, 0.3) is 0 Å². The fourth-order valence-corrected chi connectivity index (χ4v) is 1.53. The summed E-state index contributed by atoms with van der Waals surface area (Å²) < 4.78 is 41.7. The molecule has 88 valence electrons. The molecule has 1 saturated heterocycles. The Morgan fingerprint density at radius 1 is 1.60 bits per heavy atom. The van der Waals surface area contributed by atoms with Crippen LogP contribution < -0.4 is 5.32 Å². The second kappa shape index (κ2) is 4.85. The van der Waals surface area contributed by atoms with Gasteiger partial charge in [-0.05, 0) is 6.44 Å². The van der Waals surface area contributed by atoms with Crippen LogP contribution in [-0.2, 0) is 9.53 Å². The monoisotopic (exact) mass is 225 g/mol. The standard InChI is InChI=1S/C7H13BF3N2O2/c1-12-7(14)6-4-15-3-2-13(6)5-8(9,10)11/h6H,2-5H2,1H3,(H,12,14)/q-1. The number of carbonyl (C=O) groups is 1. The molecule has 1 fully saturated rings. The number of likely N-dealkylation sites (N-methyl/N-ethyl adjacent to an activating group) is 1. The van der Waals surface area contributed by atoms with Crippen molar-refractivity contribution >= 4 is 12.9 Å². The molecule has 1 rings (SSSR count). The molecule has 0 bridgehead atoms. The molecule has 0 spiro atoms. The lowest BCUT2D eigenvalue weighted by atomic mass is 9.90. The molecule has 0 aliphatic carbocycles. The van der Waals surface area contributed by atoms with Crippen molar-refractivity contribution in [3.05, 3.63) is 0 Å². The van der Waals surface area contributed by atoms with Crippen molar-refractivity contribution in [1.29, 1.82) is 0 Å². The molecule has 0 aromatic carbocycles. The third-order valence-corrected chi connectivity index (χ3v) is 2.23. The first-order chi connectivity index (χ1) is 6.94. The first-order valence-corrected chi connectivity index (χ1v) is 4.68. The van der Waals surface area contributed by atoms with E-state index in [1.54, 1.807) is 0 Å². The lowest BCUT2D eigenvalue weighted by molar-refractivity contribution is -0.131. The molecule has 0 saturated carbocycles. The van der Waals surface area contributed by atoms with Crippen LogP contribution in [0.1, 0.15) is 0 Å². The summed E-state index contributed by atoms with van der Waals surface area (Å²) in [6.07, 6.45) is -1.01. The number of carbonyl (C=O) groups excluding carboxylic acids is 1. The number of nitrogens with zero attached hydrogens (tertiary/aromatic N) is 1. The predicted octanol–water partition coefficient (Wildman–Crippen LogP) is -0.180. The maximum Gasteiger partial charge on any atom is 0.492 e. The SMILES string of the molecule is CNC(=O)C1COCCN1C[B-](F)(F)F. The lowest BCUT2D eigenvalue weighted by Gasteiger charge is -2.37. The van der Waals surface area contributed by atoms with E-state index in [1.807, 2.05) is 0 Å². The van der Waals surface area contributed by atoms with Gasteiger partial charge in [0, 0.05) is 13.6 Å². The maximum atomic E-state index is 12.2. The highest BCUT2D eigenvalue weighted by molar-refractivity contribution is 6.58. The zero-order valence-corrected chi connectivity index (χ0v) is 8.38. The Bertz CT molecular complexity index is 237. The Hall–Kier alpha value is -0.755. The lowest BCUT2D eigenvalue weighted by Crippen LogP contribution is -2.56. The normalized spacial score (nSPS) is 23.9. The smallest absolute Gasteiger partial charge is 0.448 e. The molecule has 0 aromatic heterocycles. The van der Waals surface area contributed by atoms with Crippen LogP contribution in [0.15, 0.2) is 0 Å². The highest BCUT2D eigenvalue weighted by Crippen LogP contribution is 2.15. The molecule has 1 atom stereocenters. The number of amides is 1. The van der Waals surface area contributed by atoms with Crippen LogP contribution in [0.2, 0.25) is 0 Å². The molecule has 15 heavy (non-hydrogen) atoms. The number of halogens is 3. The average Bonchev–Trinajstić information content (AvgIpc) is 2.15. The molecule has 0 radical (unpaired) electrons. The van der Waals surface area contributed by atoms with E-state index in [4.69, 9.17) is 4.74 Å². The van der Waals surface area contributed by atoms with E-state index >= 15 is 0 Å². The second-order valence-corrected chi connectivity index (χ2v) is 3.41. The fraction of sp³-hybridized carbons (Fsp3) is 0.857. The van der Waals surface area contributed by atoms with E-state index in [2.05, 4.69) is 5.32 Å². The van der Waals surface area contributed by atoms with E-state index in [0.29, 0.717) is 0 Å². The number of hydrogen-bond donors (Lipinski definition) is 1. The van der Waals surface area contributed by atoms with Gasteiger partial charge in [0.05, 0.1) is 13.2 Å². The van der Waals surface area contributed by atoms with Gasteiger partial charge in [0.2, 0.25) is 5.91 Å². The van der Waals surface area contributed by atoms with Gasteiger partial charge < -0.3 is 27.9 Å². The van der Waals surface area contributed by atoms with Crippen LogP contribution in [0.25, 0.3) is 0 Å². The van der Waals surface area contributed by atoms with Crippen LogP contribution in [0.4, 0.5) is 12.9 Å². The summed E-state index contributed by atoms with van der Waals surface area (Å²) in [6, 6.07) is -0.827. The van der Waals surface area contributed by atoms with Crippen molar-refractivity contribution in [2.24, 2.45) is 0 Å². The minimum absolute atomic E-state index is 0.0197. The predicted molar refractivity (Wildman–Crippen MR) is 49.3 cm³/mol. The van der Waals surface area contributed by atoms with Crippen molar-refractivity contribution in [3.63, 3.8) is 0 Å². The average molecular weight is 225 g/mol. The maximum absolute atomic E-state index is 12.2. The quantitative estimate of drug-likeness (QED) is 0.677. The molecular weight excluding hydrogens is 212 g/mol. The third-order valence-electron chi connectivity index (χ3n) is 2.23. The summed E-state index contributed by atoms with van der Waals surface area (Å²) in [4.78, 5) is 12.4. The summed E-state index contributed by atoms with van der Waals surface area (Å²) >= 11 is 0. The highest BCUT2D eigenvalue weighted by Gasteiger charge is 2.34. The summed E-state index contributed by atoms with van der Waals surface area (Å²) in [6.45, 7) is -4.51. The van der Waals surface area contributed by atoms with Gasteiger partial charge in [-0.15, -0.1) is 0 Å². The zero-order chi connectivity index (χ0) is 11.5. The van der Waals surface area contributed by atoms with Crippen LogP contribution in [0.5, 0.6) is 0 Å². The molecule has 8 heteroatoms. The third kappa shape index (κ3) is 3.71. The molecule has 1 aliphatic rings. The molecule has 0 aromatic rings. The van der Waals surface area contributed by atoms with E-state index in [0.717, 1.165) is 4.90 Å². The van der Waals surface area contributed by atoms with E-state index < -0.39 is 25.4 Å². The number of morpholine rings is 1. The van der Waals surface area contributed by atoms with Crippen molar-refractivity contribution in [2.75, 3.05) is 33.3 Å². The Morgan fingerprint density at radius 3 is 2.80 bits per heavy atom. The van der Waals surface area contributed by atoms with E-state index in [1.165, 1.54) is 7.05 Å². The number of hydrogen-bond acceptors (Lipinski definition) is 3. The Labute approximate surface area is 85.8 Å². The Balaban J connectivity index is 2.61. The number of ether oxygens (including phenoxy) is 1. The first-order valence-electron chi connectivity index (χ1n) is 4.68. The summed E-state index contributed by atoms with van der Waals surface area (Å²) in [5, 5.41) is 2.33. The summed E-state index contributed by atoms with van der Waals surface area (Å²) in [5.74, 6) is -0.435. The van der Waals surface area contributed by atoms with Crippen molar-refractivity contribution in [2.45, 2.75) is 6.04 Å². The Morgan fingerprint density at radius 2 is 2.27 bits per heavy atom. The van der Waals surface area contributed by atoms with Gasteiger partial charge in [-0.3, -0.25) is 4.79 Å². The van der Waals surface area contributed by atoms with E-state index in [-0.39, 0.29) is 19.8 Å². The first kappa shape index (κ1) is 12.3. The zero-order valence-electron chi connectivity index (χ0n) is 8.38. The van der Waals surface area contributed by atoms with Crippen LogP contribution in [-0.4, -0.2) is 57.1 Å². The second-order valence-electron chi connectivity index (χ2n) is 3.41. The van der Waals surface area contributed by atoms with Crippen molar-refractivity contribution in [3.8, 4) is 0 Å². The molecule has 1 unspecified atom stereocenters. The molecule has 4 nitrogen and oxygen atoms in total. The summed E-state index contributed by atoms with van der Waals surface area (Å²) in [7, 11) is 1.40. The fourth-order valence-electron chi connectivity index (χ4n) is 1.53. The minimum Gasteiger partial charge on any atom is -0.448 e. The molecule has 1 heterocycles. The molecule has 1 N–H and O–H groups in total. The van der Waals surface area contributed by atoms with Crippen LogP contribution in [0.3, 0.4) is 0 Å². The largest absolute Gasteiger partial charge is 0.492 e. The van der Waals surface area contributed by atoms with Crippen LogP contribution >= 0.6 is 0 Å². The van der Waals surface area contributed by atoms with Gasteiger partial charge in [-0.1, -0.05) is 0 Å². The van der Waals surface area contributed by atoms with Crippen molar-refractivity contribution < 1.29 is 22.5 Å². The van der Waals surface area contributed by atoms with Gasteiger partial charge in [0.1, 0.15) is 6.04 Å². The highest BCUT2D eigenvalue weighted by atomic mass is 19.4. The number of rotatable bonds is 3. The Kier molecular flexibility index (Phi) is 3.98. The molecule has 1 amide bonds. The van der Waals surface area contributed by atoms with Crippen LogP contribution in [0, 0.1) is 0 Å². The van der Waals surface area contributed by atoms with E-state index in [9.17, 15) is 17.7 Å². The summed E-state index contributed by atoms with van der Waals surface area (Å²) in [5.41, 5.74) is 0. The topological polar surface area (TPSA) is 41.6 Å².